The van der Waals surface area contributed by atoms with E-state index in [1.54, 1.807) is 6.07 Å². The van der Waals surface area contributed by atoms with E-state index in [9.17, 15) is 0 Å². The standard InChI is InChI=1S/C18H15N5/c1-12-17(15-5-7-20-18-16(15)6-8-21-18)11-23(22-12)14-4-2-3-13(9-14)10-19/h2-9,11-12,22H,1H3,(H,20,21). The van der Waals surface area contributed by atoms with Crippen LogP contribution in [0.15, 0.2) is 55.0 Å². The van der Waals surface area contributed by atoms with E-state index in [0.717, 1.165) is 22.3 Å². The molecule has 112 valence electrons. The second-order valence-corrected chi connectivity index (χ2v) is 5.57. The number of hydrogen-bond donors (Lipinski definition) is 2. The van der Waals surface area contributed by atoms with E-state index in [2.05, 4.69) is 34.6 Å². The van der Waals surface area contributed by atoms with E-state index in [1.807, 2.05) is 47.7 Å². The van der Waals surface area contributed by atoms with Crippen LogP contribution in [0.3, 0.4) is 0 Å². The maximum Gasteiger partial charge on any atom is 0.137 e. The minimum Gasteiger partial charge on any atom is -0.346 e. The monoisotopic (exact) mass is 301 g/mol. The third-order valence-electron chi connectivity index (χ3n) is 4.09. The predicted octanol–water partition coefficient (Wildman–Crippen LogP) is 3.19. The molecule has 1 aromatic carbocycles. The Labute approximate surface area is 133 Å². The highest BCUT2D eigenvalue weighted by Gasteiger charge is 2.23. The summed E-state index contributed by atoms with van der Waals surface area (Å²) in [5.41, 5.74) is 8.27. The van der Waals surface area contributed by atoms with Gasteiger partial charge in [-0.05, 0) is 48.4 Å². The molecule has 4 rings (SSSR count). The van der Waals surface area contributed by atoms with Crippen molar-refractivity contribution < 1.29 is 0 Å². The van der Waals surface area contributed by atoms with Crippen molar-refractivity contribution in [1.82, 2.24) is 15.4 Å². The van der Waals surface area contributed by atoms with Gasteiger partial charge in [0.25, 0.3) is 0 Å². The van der Waals surface area contributed by atoms with Crippen molar-refractivity contribution in [2.45, 2.75) is 13.0 Å². The molecule has 0 saturated heterocycles. The number of aromatic amines is 1. The van der Waals surface area contributed by atoms with Crippen molar-refractivity contribution in [3.05, 3.63) is 66.1 Å². The fourth-order valence-corrected chi connectivity index (χ4v) is 2.96. The van der Waals surface area contributed by atoms with E-state index >= 15 is 0 Å². The quantitative estimate of drug-likeness (QED) is 0.763. The van der Waals surface area contributed by atoms with Gasteiger partial charge in [0.2, 0.25) is 0 Å². The van der Waals surface area contributed by atoms with E-state index < -0.39 is 0 Å². The number of nitriles is 1. The van der Waals surface area contributed by atoms with Crippen LogP contribution in [0.1, 0.15) is 18.1 Å². The number of rotatable bonds is 2. The fraction of sp³-hybridized carbons (Fsp3) is 0.111. The highest BCUT2D eigenvalue weighted by atomic mass is 15.5. The fourth-order valence-electron chi connectivity index (χ4n) is 2.96. The lowest BCUT2D eigenvalue weighted by molar-refractivity contribution is 0.691. The third kappa shape index (κ3) is 2.26. The Balaban J connectivity index is 1.77. The zero-order chi connectivity index (χ0) is 15.8. The summed E-state index contributed by atoms with van der Waals surface area (Å²) in [4.78, 5) is 7.49. The zero-order valence-corrected chi connectivity index (χ0v) is 12.6. The first kappa shape index (κ1) is 13.6. The Morgan fingerprint density at radius 1 is 1.26 bits per heavy atom. The second kappa shape index (κ2) is 5.27. The van der Waals surface area contributed by atoms with Gasteiger partial charge in [0.1, 0.15) is 5.65 Å². The molecule has 5 heteroatoms. The first-order valence-electron chi connectivity index (χ1n) is 7.46. The van der Waals surface area contributed by atoms with Crippen molar-refractivity contribution in [3.63, 3.8) is 0 Å². The van der Waals surface area contributed by atoms with Gasteiger partial charge in [-0.15, -0.1) is 0 Å². The summed E-state index contributed by atoms with van der Waals surface area (Å²) in [5, 5.41) is 12.1. The van der Waals surface area contributed by atoms with Gasteiger partial charge in [-0.3, -0.25) is 5.01 Å². The number of hydrogen-bond acceptors (Lipinski definition) is 4. The van der Waals surface area contributed by atoms with E-state index in [-0.39, 0.29) is 6.04 Å². The van der Waals surface area contributed by atoms with Crippen LogP contribution >= 0.6 is 0 Å². The van der Waals surface area contributed by atoms with Crippen LogP contribution in [0.4, 0.5) is 5.69 Å². The number of hydrazine groups is 1. The van der Waals surface area contributed by atoms with Crippen LogP contribution in [0.5, 0.6) is 0 Å². The molecule has 0 bridgehead atoms. The molecule has 1 aliphatic heterocycles. The number of aromatic nitrogens is 2. The van der Waals surface area contributed by atoms with Crippen LogP contribution in [0.2, 0.25) is 0 Å². The van der Waals surface area contributed by atoms with Crippen LogP contribution in [-0.4, -0.2) is 16.0 Å². The molecule has 0 aliphatic carbocycles. The second-order valence-electron chi connectivity index (χ2n) is 5.57. The molecule has 0 saturated carbocycles. The van der Waals surface area contributed by atoms with Gasteiger partial charge in [0.15, 0.2) is 0 Å². The highest BCUT2D eigenvalue weighted by molar-refractivity contribution is 5.92. The van der Waals surface area contributed by atoms with Gasteiger partial charge >= 0.3 is 0 Å². The van der Waals surface area contributed by atoms with Crippen molar-refractivity contribution >= 4 is 22.3 Å². The molecule has 0 fully saturated rings. The topological polar surface area (TPSA) is 67.7 Å². The number of anilines is 1. The molecule has 0 radical (unpaired) electrons. The van der Waals surface area contributed by atoms with Crippen LogP contribution < -0.4 is 10.4 Å². The minimum absolute atomic E-state index is 0.168. The summed E-state index contributed by atoms with van der Waals surface area (Å²) >= 11 is 0. The lowest BCUT2D eigenvalue weighted by atomic mass is 10.0. The van der Waals surface area contributed by atoms with Crippen molar-refractivity contribution in [2.24, 2.45) is 0 Å². The van der Waals surface area contributed by atoms with Crippen molar-refractivity contribution in [1.29, 1.82) is 5.26 Å². The van der Waals surface area contributed by atoms with Crippen molar-refractivity contribution in [2.75, 3.05) is 5.01 Å². The Morgan fingerprint density at radius 3 is 3.04 bits per heavy atom. The summed E-state index contributed by atoms with van der Waals surface area (Å²) < 4.78 is 0. The number of H-pyrrole nitrogens is 1. The van der Waals surface area contributed by atoms with Crippen LogP contribution in [0, 0.1) is 11.3 Å². The van der Waals surface area contributed by atoms with Gasteiger partial charge in [-0.2, -0.15) is 5.26 Å². The highest BCUT2D eigenvalue weighted by Crippen LogP contribution is 2.31. The van der Waals surface area contributed by atoms with Gasteiger partial charge in [0.05, 0.1) is 23.4 Å². The molecule has 2 N–H and O–H groups in total. The molecule has 0 spiro atoms. The minimum atomic E-state index is 0.168. The van der Waals surface area contributed by atoms with E-state index in [1.165, 1.54) is 5.57 Å². The Morgan fingerprint density at radius 2 is 2.17 bits per heavy atom. The molecular weight excluding hydrogens is 286 g/mol. The van der Waals surface area contributed by atoms with Crippen LogP contribution in [0.25, 0.3) is 16.6 Å². The number of nitrogens with one attached hydrogen (secondary N) is 2. The summed E-state index contributed by atoms with van der Waals surface area (Å²) in [5.74, 6) is 0. The maximum absolute atomic E-state index is 9.07. The van der Waals surface area contributed by atoms with Gasteiger partial charge in [0, 0.05) is 24.0 Å². The molecule has 1 aliphatic rings. The summed E-state index contributed by atoms with van der Waals surface area (Å²) in [7, 11) is 0. The normalized spacial score (nSPS) is 17.3. The zero-order valence-electron chi connectivity index (χ0n) is 12.6. The Hall–Kier alpha value is -3.10. The van der Waals surface area contributed by atoms with Crippen molar-refractivity contribution in [3.8, 4) is 6.07 Å². The van der Waals surface area contributed by atoms with Gasteiger partial charge < -0.3 is 4.98 Å². The Kier molecular flexibility index (Phi) is 3.11. The number of pyridine rings is 1. The average Bonchev–Trinajstić information content (AvgIpc) is 3.21. The first-order valence-corrected chi connectivity index (χ1v) is 7.46. The average molecular weight is 301 g/mol. The van der Waals surface area contributed by atoms with Gasteiger partial charge in [-0.1, -0.05) is 6.07 Å². The number of fused-ring (bicyclic) bond motifs is 1. The van der Waals surface area contributed by atoms with E-state index in [0.29, 0.717) is 5.56 Å². The first-order chi connectivity index (χ1) is 11.3. The molecule has 3 aromatic rings. The molecule has 0 amide bonds. The molecule has 3 heterocycles. The Bertz CT molecular complexity index is 947. The van der Waals surface area contributed by atoms with Crippen LogP contribution in [-0.2, 0) is 0 Å². The molecule has 5 nitrogen and oxygen atoms in total. The largest absolute Gasteiger partial charge is 0.346 e. The lowest BCUT2D eigenvalue weighted by Crippen LogP contribution is -2.34. The molecule has 2 aromatic heterocycles. The SMILES string of the molecule is CC1NN(c2cccc(C#N)c2)C=C1c1ccnc2[nH]ccc12. The number of nitrogens with zero attached hydrogens (tertiary/aromatic N) is 3. The summed E-state index contributed by atoms with van der Waals surface area (Å²) in [6.07, 6.45) is 5.81. The molecule has 23 heavy (non-hydrogen) atoms. The molecule has 1 atom stereocenters. The lowest BCUT2D eigenvalue weighted by Gasteiger charge is -2.18. The molecule has 1 unspecified atom stereocenters. The summed E-state index contributed by atoms with van der Waals surface area (Å²) in [6, 6.07) is 14.0. The van der Waals surface area contributed by atoms with E-state index in [4.69, 9.17) is 5.26 Å². The van der Waals surface area contributed by atoms with Gasteiger partial charge in [-0.25, -0.2) is 10.4 Å². The smallest absolute Gasteiger partial charge is 0.137 e. The summed E-state index contributed by atoms with van der Waals surface area (Å²) in [6.45, 7) is 2.12. The number of benzene rings is 1. The molecular formula is C18H15N5. The third-order valence-corrected chi connectivity index (χ3v) is 4.09. The predicted molar refractivity (Wildman–Crippen MR) is 90.3 cm³/mol. The maximum atomic E-state index is 9.07.